The minimum atomic E-state index is -4.58. The molecule has 10 heteroatoms. The van der Waals surface area contributed by atoms with Crippen molar-refractivity contribution in [3.8, 4) is 0 Å². The van der Waals surface area contributed by atoms with Gasteiger partial charge in [0.1, 0.15) is 5.41 Å². The third-order valence-corrected chi connectivity index (χ3v) is 7.01. The summed E-state index contributed by atoms with van der Waals surface area (Å²) in [7, 11) is 0. The second kappa shape index (κ2) is 9.56. The van der Waals surface area contributed by atoms with Crippen LogP contribution in [-0.4, -0.2) is 48.3 Å². The molecule has 0 aromatic heterocycles. The Hall–Kier alpha value is -2.42. The highest BCUT2D eigenvalue weighted by molar-refractivity contribution is 6.34. The van der Waals surface area contributed by atoms with E-state index in [4.69, 9.17) is 28.0 Å². The van der Waals surface area contributed by atoms with Crippen molar-refractivity contribution in [1.29, 1.82) is 0 Å². The number of nitrogens with zero attached hydrogens (tertiary/aromatic N) is 2. The number of aliphatic imine (C=N–C) groups is 1. The molecule has 1 fully saturated rings. The molecule has 2 atom stereocenters. The van der Waals surface area contributed by atoms with Crippen molar-refractivity contribution in [2.24, 2.45) is 10.9 Å². The fourth-order valence-electron chi connectivity index (χ4n) is 4.60. The SMILES string of the molecule is CCN1OC[C@@H](CC(=O)c2ccc(C3=NC[C@@](c4cc(Cl)cc(Cl)c4)(C(F)(F)F)C3)cc2C)C1=O. The van der Waals surface area contributed by atoms with E-state index in [0.717, 1.165) is 0 Å². The number of carbonyl (C=O) groups excluding carboxylic acids is 2. The molecule has 0 bridgehead atoms. The number of hydrogen-bond donors (Lipinski definition) is 0. The van der Waals surface area contributed by atoms with Crippen LogP contribution in [0.4, 0.5) is 13.2 Å². The van der Waals surface area contributed by atoms with Crippen LogP contribution in [-0.2, 0) is 15.0 Å². The van der Waals surface area contributed by atoms with Gasteiger partial charge in [0.2, 0.25) is 0 Å². The Bertz CT molecular complexity index is 1190. The van der Waals surface area contributed by atoms with E-state index in [1.165, 1.54) is 23.3 Å². The van der Waals surface area contributed by atoms with Gasteiger partial charge in [-0.15, -0.1) is 0 Å². The summed E-state index contributed by atoms with van der Waals surface area (Å²) in [6, 6.07) is 8.78. The van der Waals surface area contributed by atoms with Crippen LogP contribution in [0.3, 0.4) is 0 Å². The molecule has 35 heavy (non-hydrogen) atoms. The standard InChI is InChI=1S/C25H23Cl2F3N2O3/c1-3-32-23(34)16(12-35-32)7-22(33)20-5-4-15(6-14(20)2)21-11-24(13-31-21,25(28,29)30)17-8-18(26)10-19(27)9-17/h4-6,8-10,16H,3,7,11-13H2,1-2H3/t16-,24+/m1/s1. The predicted molar refractivity (Wildman–Crippen MR) is 127 cm³/mol. The van der Waals surface area contributed by atoms with E-state index >= 15 is 0 Å². The summed E-state index contributed by atoms with van der Waals surface area (Å²) in [6.07, 6.45) is -4.96. The first-order valence-corrected chi connectivity index (χ1v) is 11.9. The molecule has 0 spiro atoms. The summed E-state index contributed by atoms with van der Waals surface area (Å²) in [5, 5.41) is 1.49. The van der Waals surface area contributed by atoms with Gasteiger partial charge in [-0.25, -0.2) is 5.06 Å². The summed E-state index contributed by atoms with van der Waals surface area (Å²) in [5.74, 6) is -0.988. The van der Waals surface area contributed by atoms with Crippen LogP contribution in [0.25, 0.3) is 0 Å². The molecular formula is C25H23Cl2F3N2O3. The van der Waals surface area contributed by atoms with E-state index in [1.807, 2.05) is 0 Å². The van der Waals surface area contributed by atoms with Gasteiger partial charge in [0.15, 0.2) is 5.78 Å². The van der Waals surface area contributed by atoms with Gasteiger partial charge in [-0.05, 0) is 54.8 Å². The number of carbonyl (C=O) groups is 2. The smallest absolute Gasteiger partial charge is 0.294 e. The summed E-state index contributed by atoms with van der Waals surface area (Å²) >= 11 is 12.0. The predicted octanol–water partition coefficient (Wildman–Crippen LogP) is 5.98. The maximum atomic E-state index is 14.3. The van der Waals surface area contributed by atoms with Crippen molar-refractivity contribution in [2.75, 3.05) is 19.7 Å². The minimum Gasteiger partial charge on any atom is -0.294 e. The number of alkyl halides is 3. The molecule has 2 aromatic rings. The Morgan fingerprint density at radius 2 is 1.89 bits per heavy atom. The van der Waals surface area contributed by atoms with Crippen LogP contribution in [0.1, 0.15) is 46.8 Å². The molecule has 1 amide bonds. The van der Waals surface area contributed by atoms with Crippen LogP contribution < -0.4 is 0 Å². The third-order valence-electron chi connectivity index (χ3n) is 6.57. The lowest BCUT2D eigenvalue weighted by atomic mass is 9.76. The van der Waals surface area contributed by atoms with Crippen LogP contribution >= 0.6 is 23.2 Å². The summed E-state index contributed by atoms with van der Waals surface area (Å²) in [4.78, 5) is 34.6. The summed E-state index contributed by atoms with van der Waals surface area (Å²) in [6.45, 7) is 3.57. The number of ketones is 1. The average molecular weight is 527 g/mol. The van der Waals surface area contributed by atoms with Crippen LogP contribution in [0.5, 0.6) is 0 Å². The van der Waals surface area contributed by atoms with Gasteiger partial charge in [0, 0.05) is 40.7 Å². The van der Waals surface area contributed by atoms with Gasteiger partial charge in [-0.2, -0.15) is 13.2 Å². The van der Waals surface area contributed by atoms with E-state index in [1.54, 1.807) is 32.0 Å². The average Bonchev–Trinajstić information content (AvgIpc) is 3.38. The molecule has 0 N–H and O–H groups in total. The highest BCUT2D eigenvalue weighted by Crippen LogP contribution is 2.48. The lowest BCUT2D eigenvalue weighted by Crippen LogP contribution is -2.43. The Morgan fingerprint density at radius 3 is 2.46 bits per heavy atom. The van der Waals surface area contributed by atoms with Crippen molar-refractivity contribution >= 4 is 40.6 Å². The zero-order valence-corrected chi connectivity index (χ0v) is 20.6. The molecule has 0 saturated carbocycles. The van der Waals surface area contributed by atoms with Crippen molar-refractivity contribution in [1.82, 2.24) is 5.06 Å². The quantitative estimate of drug-likeness (QED) is 0.435. The third kappa shape index (κ3) is 4.84. The van der Waals surface area contributed by atoms with Gasteiger partial charge < -0.3 is 0 Å². The minimum absolute atomic E-state index is 0.00315. The van der Waals surface area contributed by atoms with Gasteiger partial charge in [-0.3, -0.25) is 19.4 Å². The first kappa shape index (κ1) is 25.7. The number of hydroxylamine groups is 2. The highest BCUT2D eigenvalue weighted by atomic mass is 35.5. The number of hydrogen-bond acceptors (Lipinski definition) is 4. The molecule has 186 valence electrons. The number of rotatable bonds is 6. The van der Waals surface area contributed by atoms with Gasteiger partial charge >= 0.3 is 6.18 Å². The lowest BCUT2D eigenvalue weighted by Gasteiger charge is -2.31. The molecule has 0 unspecified atom stereocenters. The van der Waals surface area contributed by atoms with E-state index in [9.17, 15) is 22.8 Å². The zero-order chi connectivity index (χ0) is 25.5. The number of aryl methyl sites for hydroxylation is 1. The molecular weight excluding hydrogens is 504 g/mol. The Kier molecular flexibility index (Phi) is 7.01. The number of halogens is 5. The zero-order valence-electron chi connectivity index (χ0n) is 19.1. The topological polar surface area (TPSA) is 59.0 Å². The van der Waals surface area contributed by atoms with Crippen molar-refractivity contribution < 1.29 is 27.6 Å². The van der Waals surface area contributed by atoms with Crippen molar-refractivity contribution in [3.63, 3.8) is 0 Å². The molecule has 2 heterocycles. The van der Waals surface area contributed by atoms with E-state index < -0.39 is 24.1 Å². The fourth-order valence-corrected chi connectivity index (χ4v) is 5.13. The van der Waals surface area contributed by atoms with Crippen molar-refractivity contribution in [2.45, 2.75) is 38.3 Å². The Labute approximate surface area is 210 Å². The largest absolute Gasteiger partial charge is 0.400 e. The summed E-state index contributed by atoms with van der Waals surface area (Å²) < 4.78 is 43.0. The molecule has 2 aromatic carbocycles. The monoisotopic (exact) mass is 526 g/mol. The maximum absolute atomic E-state index is 14.3. The number of amides is 1. The first-order chi connectivity index (χ1) is 16.4. The highest BCUT2D eigenvalue weighted by Gasteiger charge is 2.58. The van der Waals surface area contributed by atoms with E-state index in [2.05, 4.69) is 4.99 Å². The van der Waals surface area contributed by atoms with Crippen molar-refractivity contribution in [3.05, 3.63) is 68.7 Å². The number of Topliss-reactive ketones (excluding diaryl/α,β-unsaturated/α-hetero) is 1. The van der Waals surface area contributed by atoms with Gasteiger partial charge in [0.25, 0.3) is 5.91 Å². The van der Waals surface area contributed by atoms with Gasteiger partial charge in [0.05, 0.1) is 19.1 Å². The molecule has 0 aliphatic carbocycles. The molecule has 2 aliphatic heterocycles. The van der Waals surface area contributed by atoms with Crippen LogP contribution in [0.15, 0.2) is 41.4 Å². The first-order valence-electron chi connectivity index (χ1n) is 11.1. The summed E-state index contributed by atoms with van der Waals surface area (Å²) in [5.41, 5.74) is -0.459. The molecule has 2 aliphatic rings. The van der Waals surface area contributed by atoms with Gasteiger partial charge in [-0.1, -0.05) is 35.3 Å². The second-order valence-electron chi connectivity index (χ2n) is 8.86. The molecule has 5 nitrogen and oxygen atoms in total. The van der Waals surface area contributed by atoms with E-state index in [-0.39, 0.29) is 46.7 Å². The maximum Gasteiger partial charge on any atom is 0.400 e. The fraction of sp³-hybridized carbons (Fsp3) is 0.400. The molecule has 4 rings (SSSR count). The molecule has 0 radical (unpaired) electrons. The van der Waals surface area contributed by atoms with Crippen LogP contribution in [0.2, 0.25) is 10.0 Å². The van der Waals surface area contributed by atoms with E-state index in [0.29, 0.717) is 28.9 Å². The Morgan fingerprint density at radius 1 is 1.20 bits per heavy atom. The number of benzene rings is 2. The Balaban J connectivity index is 1.56. The molecule has 1 saturated heterocycles. The van der Waals surface area contributed by atoms with Crippen LogP contribution in [0, 0.1) is 12.8 Å². The lowest BCUT2D eigenvalue weighted by molar-refractivity contribution is -0.183. The normalized spacial score (nSPS) is 22.6. The second-order valence-corrected chi connectivity index (χ2v) is 9.73.